The van der Waals surface area contributed by atoms with Gasteiger partial charge >= 0.3 is 0 Å². The number of benzene rings is 1. The first kappa shape index (κ1) is 12.8. The molecular formula is C14H20O2. The van der Waals surface area contributed by atoms with Crippen molar-refractivity contribution in [3.8, 4) is 5.75 Å². The third-order valence-electron chi connectivity index (χ3n) is 3.13. The van der Waals surface area contributed by atoms with E-state index in [1.807, 2.05) is 6.07 Å². The van der Waals surface area contributed by atoms with E-state index in [2.05, 4.69) is 13.8 Å². The van der Waals surface area contributed by atoms with Crippen molar-refractivity contribution in [3.05, 3.63) is 29.3 Å². The smallest absolute Gasteiger partial charge is 0.150 e. The van der Waals surface area contributed by atoms with Gasteiger partial charge in [-0.25, -0.2) is 0 Å². The molecule has 0 amide bonds. The molecule has 0 aliphatic rings. The molecule has 2 heteroatoms. The minimum absolute atomic E-state index is 0.184. The van der Waals surface area contributed by atoms with Crippen LogP contribution in [0.2, 0.25) is 0 Å². The molecule has 0 heterocycles. The van der Waals surface area contributed by atoms with Gasteiger partial charge in [0.15, 0.2) is 0 Å². The molecule has 0 atom stereocenters. The van der Waals surface area contributed by atoms with E-state index in [0.717, 1.165) is 30.6 Å². The average molecular weight is 220 g/mol. The van der Waals surface area contributed by atoms with E-state index in [1.165, 1.54) is 18.9 Å². The van der Waals surface area contributed by atoms with Gasteiger partial charge in [0.2, 0.25) is 0 Å². The van der Waals surface area contributed by atoms with Gasteiger partial charge < -0.3 is 5.11 Å². The number of carbonyl (C=O) groups excluding carboxylic acids is 1. The predicted octanol–water partition coefficient (Wildman–Crippen LogP) is 3.57. The summed E-state index contributed by atoms with van der Waals surface area (Å²) in [5, 5.41) is 9.45. The normalized spacial score (nSPS) is 10.7. The summed E-state index contributed by atoms with van der Waals surface area (Å²) >= 11 is 0. The Morgan fingerprint density at radius 2 is 1.94 bits per heavy atom. The maximum atomic E-state index is 10.7. The Kier molecular flexibility index (Phi) is 5.03. The van der Waals surface area contributed by atoms with Crippen molar-refractivity contribution in [1.29, 1.82) is 0 Å². The zero-order valence-corrected chi connectivity index (χ0v) is 10.1. The van der Waals surface area contributed by atoms with Crippen LogP contribution in [0.5, 0.6) is 5.75 Å². The molecule has 0 saturated carbocycles. The molecule has 1 rings (SSSR count). The van der Waals surface area contributed by atoms with Crippen LogP contribution in [0.3, 0.4) is 0 Å². The summed E-state index contributed by atoms with van der Waals surface area (Å²) in [6.07, 6.45) is 5.21. The quantitative estimate of drug-likeness (QED) is 0.744. The largest absolute Gasteiger partial charge is 0.508 e. The zero-order valence-electron chi connectivity index (χ0n) is 10.1. The molecule has 16 heavy (non-hydrogen) atoms. The lowest BCUT2D eigenvalue weighted by Crippen LogP contribution is -1.99. The number of phenols is 1. The van der Waals surface area contributed by atoms with Gasteiger partial charge in [-0.3, -0.25) is 4.79 Å². The van der Waals surface area contributed by atoms with Crippen LogP contribution in [0.1, 0.15) is 49.0 Å². The summed E-state index contributed by atoms with van der Waals surface area (Å²) < 4.78 is 0. The number of hydrogen-bond donors (Lipinski definition) is 1. The van der Waals surface area contributed by atoms with Gasteiger partial charge in [0.25, 0.3) is 0 Å². The molecule has 2 nitrogen and oxygen atoms in total. The maximum absolute atomic E-state index is 10.7. The van der Waals surface area contributed by atoms with Gasteiger partial charge in [0.1, 0.15) is 12.0 Å². The van der Waals surface area contributed by atoms with E-state index in [0.29, 0.717) is 5.56 Å². The second-order valence-corrected chi connectivity index (χ2v) is 4.27. The molecule has 0 bridgehead atoms. The second kappa shape index (κ2) is 6.31. The van der Waals surface area contributed by atoms with Gasteiger partial charge in [-0.05, 0) is 42.5 Å². The average Bonchev–Trinajstić information content (AvgIpc) is 2.29. The van der Waals surface area contributed by atoms with Crippen LogP contribution in [0.4, 0.5) is 0 Å². The number of phenolic OH excluding ortho intramolecular Hbond substituents is 1. The highest BCUT2D eigenvalue weighted by Crippen LogP contribution is 2.20. The summed E-state index contributed by atoms with van der Waals surface area (Å²) in [6.45, 7) is 4.40. The Balaban J connectivity index is 2.66. The van der Waals surface area contributed by atoms with Gasteiger partial charge in [-0.1, -0.05) is 26.7 Å². The Hall–Kier alpha value is -1.31. The van der Waals surface area contributed by atoms with Gasteiger partial charge in [-0.2, -0.15) is 0 Å². The zero-order chi connectivity index (χ0) is 12.0. The third kappa shape index (κ3) is 3.69. The second-order valence-electron chi connectivity index (χ2n) is 4.27. The molecule has 0 aliphatic heterocycles. The minimum Gasteiger partial charge on any atom is -0.508 e. The number of rotatable bonds is 6. The first-order chi connectivity index (χ1) is 7.69. The number of aromatic hydroxyl groups is 1. The van der Waals surface area contributed by atoms with E-state index < -0.39 is 0 Å². The fourth-order valence-electron chi connectivity index (χ4n) is 1.98. The van der Waals surface area contributed by atoms with Crippen LogP contribution in [-0.4, -0.2) is 11.4 Å². The fraction of sp³-hybridized carbons (Fsp3) is 0.500. The SMILES string of the molecule is CCC(CC)CCc1cc(O)cc(C=O)c1. The Morgan fingerprint density at radius 1 is 1.25 bits per heavy atom. The maximum Gasteiger partial charge on any atom is 0.150 e. The summed E-state index contributed by atoms with van der Waals surface area (Å²) in [7, 11) is 0. The highest BCUT2D eigenvalue weighted by Gasteiger charge is 2.05. The first-order valence-electron chi connectivity index (χ1n) is 5.97. The molecule has 0 saturated heterocycles. The van der Waals surface area contributed by atoms with Crippen molar-refractivity contribution in [2.45, 2.75) is 39.5 Å². The summed E-state index contributed by atoms with van der Waals surface area (Å²) in [6, 6.07) is 5.10. The Bertz CT molecular complexity index is 341. The van der Waals surface area contributed by atoms with Crippen LogP contribution in [0, 0.1) is 5.92 Å². The molecule has 0 spiro atoms. The van der Waals surface area contributed by atoms with E-state index in [9.17, 15) is 9.90 Å². The van der Waals surface area contributed by atoms with Crippen LogP contribution in [0.15, 0.2) is 18.2 Å². The molecule has 1 N–H and O–H groups in total. The van der Waals surface area contributed by atoms with E-state index >= 15 is 0 Å². The minimum atomic E-state index is 0.184. The molecule has 0 aliphatic carbocycles. The summed E-state index contributed by atoms with van der Waals surface area (Å²) in [5.74, 6) is 0.922. The Morgan fingerprint density at radius 3 is 2.50 bits per heavy atom. The van der Waals surface area contributed by atoms with Crippen LogP contribution < -0.4 is 0 Å². The van der Waals surface area contributed by atoms with E-state index in [1.54, 1.807) is 6.07 Å². The Labute approximate surface area is 97.3 Å². The van der Waals surface area contributed by atoms with Crippen molar-refractivity contribution in [2.75, 3.05) is 0 Å². The number of hydrogen-bond acceptors (Lipinski definition) is 2. The van der Waals surface area contributed by atoms with Crippen LogP contribution in [0.25, 0.3) is 0 Å². The van der Waals surface area contributed by atoms with Crippen molar-refractivity contribution < 1.29 is 9.90 Å². The third-order valence-corrected chi connectivity index (χ3v) is 3.13. The lowest BCUT2D eigenvalue weighted by atomic mass is 9.94. The molecule has 0 radical (unpaired) electrons. The molecule has 1 aromatic carbocycles. The highest BCUT2D eigenvalue weighted by molar-refractivity contribution is 5.75. The molecule has 0 aromatic heterocycles. The van der Waals surface area contributed by atoms with Crippen LogP contribution >= 0.6 is 0 Å². The lowest BCUT2D eigenvalue weighted by Gasteiger charge is -2.12. The number of carbonyl (C=O) groups is 1. The molecule has 0 fully saturated rings. The van der Waals surface area contributed by atoms with E-state index in [-0.39, 0.29) is 5.75 Å². The van der Waals surface area contributed by atoms with E-state index in [4.69, 9.17) is 0 Å². The fourth-order valence-corrected chi connectivity index (χ4v) is 1.98. The molecule has 1 aromatic rings. The van der Waals surface area contributed by atoms with Gasteiger partial charge in [0.05, 0.1) is 0 Å². The van der Waals surface area contributed by atoms with Crippen molar-refractivity contribution in [2.24, 2.45) is 5.92 Å². The van der Waals surface area contributed by atoms with Gasteiger partial charge in [0, 0.05) is 5.56 Å². The van der Waals surface area contributed by atoms with Crippen molar-refractivity contribution >= 4 is 6.29 Å². The standard InChI is InChI=1S/C14H20O2/c1-3-11(4-2)5-6-12-7-13(10-15)9-14(16)8-12/h7-11,16H,3-6H2,1-2H3. The number of aldehydes is 1. The number of aryl methyl sites for hydroxylation is 1. The van der Waals surface area contributed by atoms with Crippen molar-refractivity contribution in [3.63, 3.8) is 0 Å². The molecule has 0 unspecified atom stereocenters. The summed E-state index contributed by atoms with van der Waals surface area (Å²) in [4.78, 5) is 10.7. The lowest BCUT2D eigenvalue weighted by molar-refractivity contribution is 0.112. The highest BCUT2D eigenvalue weighted by atomic mass is 16.3. The molecule has 88 valence electrons. The predicted molar refractivity (Wildman–Crippen MR) is 65.9 cm³/mol. The van der Waals surface area contributed by atoms with Crippen molar-refractivity contribution in [1.82, 2.24) is 0 Å². The van der Waals surface area contributed by atoms with Gasteiger partial charge in [-0.15, -0.1) is 0 Å². The monoisotopic (exact) mass is 220 g/mol. The summed E-state index contributed by atoms with van der Waals surface area (Å²) in [5.41, 5.74) is 1.61. The topological polar surface area (TPSA) is 37.3 Å². The molecular weight excluding hydrogens is 200 g/mol. The first-order valence-corrected chi connectivity index (χ1v) is 5.97. The van der Waals surface area contributed by atoms with Crippen LogP contribution in [-0.2, 0) is 6.42 Å².